The molecule has 0 saturated carbocycles. The Morgan fingerprint density at radius 3 is 3.04 bits per heavy atom. The summed E-state index contributed by atoms with van der Waals surface area (Å²) in [4.78, 5) is 4.47. The molecule has 0 radical (unpaired) electrons. The lowest BCUT2D eigenvalue weighted by atomic mass is 10.2. The van der Waals surface area contributed by atoms with Gasteiger partial charge < -0.3 is 5.32 Å². The van der Waals surface area contributed by atoms with Crippen molar-refractivity contribution in [3.05, 3.63) is 36.7 Å². The molecule has 0 aliphatic carbocycles. The first-order valence-electron chi connectivity index (χ1n) is 8.19. The molecule has 0 bridgehead atoms. The van der Waals surface area contributed by atoms with Gasteiger partial charge in [-0.3, -0.25) is 4.98 Å². The number of sulfonamides is 1. The molecule has 1 unspecified atom stereocenters. The maximum absolute atomic E-state index is 13.2. The third-order valence-electron chi connectivity index (χ3n) is 4.34. The van der Waals surface area contributed by atoms with E-state index in [1.54, 1.807) is 34.9 Å². The van der Waals surface area contributed by atoms with E-state index in [4.69, 9.17) is 0 Å². The summed E-state index contributed by atoms with van der Waals surface area (Å²) in [5.41, 5.74) is 0. The van der Waals surface area contributed by atoms with E-state index in [-0.39, 0.29) is 6.04 Å². The number of fused-ring (bicyclic) bond motifs is 1. The van der Waals surface area contributed by atoms with Crippen molar-refractivity contribution >= 4 is 20.8 Å². The van der Waals surface area contributed by atoms with Crippen molar-refractivity contribution in [2.75, 3.05) is 19.6 Å². The standard InChI is InChI=1S/C17H23N3O2S/c1-2-5-15-13-20(11-4-9-19-15)23(21,22)17-7-3-6-14-12-18-10-8-16(14)17/h3,6-8,10,12,15,19H,2,4-5,9,11,13H2,1H3. The molecule has 1 N–H and O–H groups in total. The highest BCUT2D eigenvalue weighted by Crippen LogP contribution is 2.26. The van der Waals surface area contributed by atoms with Gasteiger partial charge in [0.25, 0.3) is 0 Å². The molecule has 1 saturated heterocycles. The van der Waals surface area contributed by atoms with Crippen molar-refractivity contribution in [2.45, 2.75) is 37.1 Å². The highest BCUT2D eigenvalue weighted by molar-refractivity contribution is 7.89. The first-order valence-corrected chi connectivity index (χ1v) is 9.63. The van der Waals surface area contributed by atoms with E-state index < -0.39 is 10.0 Å². The maximum atomic E-state index is 13.2. The molecule has 1 aromatic carbocycles. The third-order valence-corrected chi connectivity index (χ3v) is 6.26. The summed E-state index contributed by atoms with van der Waals surface area (Å²) in [6, 6.07) is 7.39. The highest BCUT2D eigenvalue weighted by atomic mass is 32.2. The monoisotopic (exact) mass is 333 g/mol. The second-order valence-corrected chi connectivity index (χ2v) is 7.92. The van der Waals surface area contributed by atoms with Crippen molar-refractivity contribution in [1.82, 2.24) is 14.6 Å². The second kappa shape index (κ2) is 6.95. The Hall–Kier alpha value is -1.50. The van der Waals surface area contributed by atoms with Gasteiger partial charge in [-0.2, -0.15) is 4.31 Å². The Morgan fingerprint density at radius 2 is 2.22 bits per heavy atom. The third kappa shape index (κ3) is 3.39. The molecule has 1 aromatic heterocycles. The zero-order valence-electron chi connectivity index (χ0n) is 13.4. The van der Waals surface area contributed by atoms with Crippen LogP contribution in [0.4, 0.5) is 0 Å². The van der Waals surface area contributed by atoms with E-state index >= 15 is 0 Å². The van der Waals surface area contributed by atoms with E-state index in [9.17, 15) is 8.42 Å². The summed E-state index contributed by atoms with van der Waals surface area (Å²) in [5.74, 6) is 0. The molecule has 1 aliphatic heterocycles. The molecule has 5 nitrogen and oxygen atoms in total. The van der Waals surface area contributed by atoms with Crippen molar-refractivity contribution in [2.24, 2.45) is 0 Å². The fraction of sp³-hybridized carbons (Fsp3) is 0.471. The van der Waals surface area contributed by atoms with Gasteiger partial charge in [-0.25, -0.2) is 8.42 Å². The van der Waals surface area contributed by atoms with Gasteiger partial charge in [0.1, 0.15) is 0 Å². The summed E-state index contributed by atoms with van der Waals surface area (Å²) in [6.45, 7) is 4.11. The van der Waals surface area contributed by atoms with Gasteiger partial charge in [0.2, 0.25) is 10.0 Å². The minimum atomic E-state index is -3.50. The van der Waals surface area contributed by atoms with Gasteiger partial charge in [-0.15, -0.1) is 0 Å². The summed E-state index contributed by atoms with van der Waals surface area (Å²) >= 11 is 0. The van der Waals surface area contributed by atoms with Crippen LogP contribution in [-0.2, 0) is 10.0 Å². The molecule has 2 aromatic rings. The van der Waals surface area contributed by atoms with E-state index in [1.807, 2.05) is 6.07 Å². The molecule has 6 heteroatoms. The predicted molar refractivity (Wildman–Crippen MR) is 91.8 cm³/mol. The molecule has 124 valence electrons. The van der Waals surface area contributed by atoms with Crippen molar-refractivity contribution in [3.8, 4) is 0 Å². The average Bonchev–Trinajstić information content (AvgIpc) is 2.81. The zero-order valence-corrected chi connectivity index (χ0v) is 14.2. The fourth-order valence-electron chi connectivity index (χ4n) is 3.18. The van der Waals surface area contributed by atoms with Crippen molar-refractivity contribution in [3.63, 3.8) is 0 Å². The molecule has 23 heavy (non-hydrogen) atoms. The highest BCUT2D eigenvalue weighted by Gasteiger charge is 2.29. The minimum absolute atomic E-state index is 0.230. The van der Waals surface area contributed by atoms with Gasteiger partial charge in [-0.05, 0) is 31.5 Å². The molecule has 0 amide bonds. The normalized spacial score (nSPS) is 20.5. The Kier molecular flexibility index (Phi) is 4.94. The molecule has 0 spiro atoms. The summed E-state index contributed by atoms with van der Waals surface area (Å²) in [5, 5.41) is 5.05. The minimum Gasteiger partial charge on any atom is -0.313 e. The average molecular weight is 333 g/mol. The molecule has 2 heterocycles. The quantitative estimate of drug-likeness (QED) is 0.933. The van der Waals surface area contributed by atoms with E-state index in [2.05, 4.69) is 17.2 Å². The van der Waals surface area contributed by atoms with Crippen LogP contribution in [0.3, 0.4) is 0 Å². The van der Waals surface area contributed by atoms with E-state index in [0.717, 1.165) is 36.6 Å². The van der Waals surface area contributed by atoms with Crippen LogP contribution < -0.4 is 5.32 Å². The van der Waals surface area contributed by atoms with Crippen LogP contribution >= 0.6 is 0 Å². The SMILES string of the molecule is CCCC1CN(S(=O)(=O)c2cccc3cnccc23)CCCN1. The fourth-order valence-corrected chi connectivity index (χ4v) is 4.92. The Labute approximate surface area is 137 Å². The molecule has 3 rings (SSSR count). The van der Waals surface area contributed by atoms with E-state index in [1.165, 1.54) is 0 Å². The first-order chi connectivity index (χ1) is 11.1. The van der Waals surface area contributed by atoms with Crippen LogP contribution in [0.5, 0.6) is 0 Å². The van der Waals surface area contributed by atoms with Crippen molar-refractivity contribution in [1.29, 1.82) is 0 Å². The van der Waals surface area contributed by atoms with Crippen LogP contribution in [0.2, 0.25) is 0 Å². The number of nitrogens with one attached hydrogen (secondary N) is 1. The number of rotatable bonds is 4. The number of nitrogens with zero attached hydrogens (tertiary/aromatic N) is 2. The summed E-state index contributed by atoms with van der Waals surface area (Å²) < 4.78 is 28.0. The number of hydrogen-bond acceptors (Lipinski definition) is 4. The lowest BCUT2D eigenvalue weighted by Crippen LogP contribution is -2.40. The lowest BCUT2D eigenvalue weighted by Gasteiger charge is -2.24. The lowest BCUT2D eigenvalue weighted by molar-refractivity contribution is 0.381. The number of hydrogen-bond donors (Lipinski definition) is 1. The largest absolute Gasteiger partial charge is 0.313 e. The van der Waals surface area contributed by atoms with Gasteiger partial charge >= 0.3 is 0 Å². The molecule has 1 fully saturated rings. The molecular weight excluding hydrogens is 310 g/mol. The Balaban J connectivity index is 1.99. The van der Waals surface area contributed by atoms with Crippen LogP contribution in [0, 0.1) is 0 Å². The zero-order chi connectivity index (χ0) is 16.3. The van der Waals surface area contributed by atoms with E-state index in [0.29, 0.717) is 18.0 Å². The molecule has 1 aliphatic rings. The van der Waals surface area contributed by atoms with Gasteiger partial charge in [0.15, 0.2) is 0 Å². The van der Waals surface area contributed by atoms with Crippen LogP contribution in [0.1, 0.15) is 26.2 Å². The number of aromatic nitrogens is 1. The Bertz CT molecular complexity index is 771. The van der Waals surface area contributed by atoms with Crippen molar-refractivity contribution < 1.29 is 8.42 Å². The summed E-state index contributed by atoms with van der Waals surface area (Å²) in [7, 11) is -3.50. The van der Waals surface area contributed by atoms with Gasteiger partial charge in [0.05, 0.1) is 4.90 Å². The first kappa shape index (κ1) is 16.4. The molecular formula is C17H23N3O2S. The maximum Gasteiger partial charge on any atom is 0.243 e. The van der Waals surface area contributed by atoms with Gasteiger partial charge in [-0.1, -0.05) is 25.5 Å². The van der Waals surface area contributed by atoms with Crippen LogP contribution in [-0.4, -0.2) is 43.4 Å². The number of benzene rings is 1. The molecule has 1 atom stereocenters. The smallest absolute Gasteiger partial charge is 0.243 e. The predicted octanol–water partition coefficient (Wildman–Crippen LogP) is 2.39. The second-order valence-electron chi connectivity index (χ2n) is 6.01. The summed E-state index contributed by atoms with van der Waals surface area (Å²) in [6.07, 6.45) is 6.23. The Morgan fingerprint density at radius 1 is 1.35 bits per heavy atom. The van der Waals surface area contributed by atoms with Gasteiger partial charge in [0, 0.05) is 42.3 Å². The topological polar surface area (TPSA) is 62.3 Å². The number of pyridine rings is 1. The van der Waals surface area contributed by atoms with Crippen LogP contribution in [0.25, 0.3) is 10.8 Å². The van der Waals surface area contributed by atoms with Crippen LogP contribution in [0.15, 0.2) is 41.6 Å².